The molecule has 0 unspecified atom stereocenters. The second kappa shape index (κ2) is 7.05. The van der Waals surface area contributed by atoms with Crippen molar-refractivity contribution >= 4 is 5.82 Å². The first-order chi connectivity index (χ1) is 11.2. The van der Waals surface area contributed by atoms with Crippen molar-refractivity contribution in [2.45, 2.75) is 19.8 Å². The SMILES string of the molecule is CNc1cc(Cc2cccc(C)c2)nc(Cc2ccccc2)n1. The lowest BCUT2D eigenvalue weighted by Crippen LogP contribution is -2.05. The third-order valence-electron chi connectivity index (χ3n) is 3.75. The molecule has 0 atom stereocenters. The van der Waals surface area contributed by atoms with Gasteiger partial charge in [-0.25, -0.2) is 9.97 Å². The van der Waals surface area contributed by atoms with E-state index in [1.54, 1.807) is 0 Å². The van der Waals surface area contributed by atoms with Gasteiger partial charge in [0.1, 0.15) is 11.6 Å². The maximum atomic E-state index is 4.75. The third-order valence-corrected chi connectivity index (χ3v) is 3.75. The number of hydrogen-bond acceptors (Lipinski definition) is 3. The number of aromatic nitrogens is 2. The van der Waals surface area contributed by atoms with Crippen molar-refractivity contribution in [3.63, 3.8) is 0 Å². The molecule has 0 bridgehead atoms. The first-order valence-electron chi connectivity index (χ1n) is 7.87. The van der Waals surface area contributed by atoms with Gasteiger partial charge in [0.25, 0.3) is 0 Å². The van der Waals surface area contributed by atoms with Gasteiger partial charge in [0, 0.05) is 26.0 Å². The lowest BCUT2D eigenvalue weighted by Gasteiger charge is -2.09. The molecule has 1 aromatic heterocycles. The van der Waals surface area contributed by atoms with Gasteiger partial charge in [0.2, 0.25) is 0 Å². The molecule has 116 valence electrons. The molecule has 3 heteroatoms. The largest absolute Gasteiger partial charge is 0.373 e. The molecule has 0 radical (unpaired) electrons. The van der Waals surface area contributed by atoms with Crippen LogP contribution in [0.5, 0.6) is 0 Å². The molecule has 0 amide bonds. The Morgan fingerprint density at radius 3 is 2.35 bits per heavy atom. The van der Waals surface area contributed by atoms with Gasteiger partial charge >= 0.3 is 0 Å². The van der Waals surface area contributed by atoms with Crippen LogP contribution in [0, 0.1) is 6.92 Å². The molecule has 3 rings (SSSR count). The van der Waals surface area contributed by atoms with Crippen molar-refractivity contribution < 1.29 is 0 Å². The summed E-state index contributed by atoms with van der Waals surface area (Å²) in [6.07, 6.45) is 1.57. The van der Waals surface area contributed by atoms with Crippen LogP contribution in [-0.2, 0) is 12.8 Å². The number of aryl methyl sites for hydroxylation is 1. The summed E-state index contributed by atoms with van der Waals surface area (Å²) in [5.41, 5.74) is 4.81. The highest BCUT2D eigenvalue weighted by Gasteiger charge is 2.06. The fourth-order valence-corrected chi connectivity index (χ4v) is 2.66. The molecule has 0 aliphatic rings. The summed E-state index contributed by atoms with van der Waals surface area (Å²) in [4.78, 5) is 9.33. The Balaban J connectivity index is 1.87. The number of benzene rings is 2. The molecule has 1 N–H and O–H groups in total. The fraction of sp³-hybridized carbons (Fsp3) is 0.200. The average molecular weight is 303 g/mol. The predicted molar refractivity (Wildman–Crippen MR) is 94.8 cm³/mol. The van der Waals surface area contributed by atoms with E-state index in [0.29, 0.717) is 0 Å². The smallest absolute Gasteiger partial charge is 0.135 e. The molecule has 0 saturated heterocycles. The molecule has 1 heterocycles. The summed E-state index contributed by atoms with van der Waals surface area (Å²) in [6.45, 7) is 2.11. The maximum Gasteiger partial charge on any atom is 0.135 e. The van der Waals surface area contributed by atoms with Crippen LogP contribution >= 0.6 is 0 Å². The summed E-state index contributed by atoms with van der Waals surface area (Å²) in [5.74, 6) is 1.72. The van der Waals surface area contributed by atoms with Gasteiger partial charge in [-0.3, -0.25) is 0 Å². The van der Waals surface area contributed by atoms with Crippen LogP contribution in [0.1, 0.15) is 28.2 Å². The highest BCUT2D eigenvalue weighted by molar-refractivity contribution is 5.38. The molecule has 3 nitrogen and oxygen atoms in total. The van der Waals surface area contributed by atoms with E-state index >= 15 is 0 Å². The van der Waals surface area contributed by atoms with E-state index in [-0.39, 0.29) is 0 Å². The van der Waals surface area contributed by atoms with Gasteiger partial charge in [0.05, 0.1) is 5.69 Å². The fourth-order valence-electron chi connectivity index (χ4n) is 2.66. The second-order valence-corrected chi connectivity index (χ2v) is 5.74. The van der Waals surface area contributed by atoms with Gasteiger partial charge in [-0.15, -0.1) is 0 Å². The molecular weight excluding hydrogens is 282 g/mol. The standard InChI is InChI=1S/C20H21N3/c1-15-7-6-10-17(11-15)12-18-14-19(21-2)23-20(22-18)13-16-8-4-3-5-9-16/h3-11,14H,12-13H2,1-2H3,(H,21,22,23). The molecular formula is C20H21N3. The Hall–Kier alpha value is -2.68. The quantitative estimate of drug-likeness (QED) is 0.774. The van der Waals surface area contributed by atoms with Crippen LogP contribution in [0.3, 0.4) is 0 Å². The number of nitrogens with one attached hydrogen (secondary N) is 1. The van der Waals surface area contributed by atoms with E-state index in [1.165, 1.54) is 16.7 Å². The van der Waals surface area contributed by atoms with E-state index in [4.69, 9.17) is 4.98 Å². The van der Waals surface area contributed by atoms with Crippen molar-refractivity contribution in [1.82, 2.24) is 9.97 Å². The first kappa shape index (κ1) is 15.2. The molecule has 23 heavy (non-hydrogen) atoms. The molecule has 2 aromatic carbocycles. The lowest BCUT2D eigenvalue weighted by atomic mass is 10.1. The highest BCUT2D eigenvalue weighted by atomic mass is 15.0. The van der Waals surface area contributed by atoms with Crippen molar-refractivity contribution in [2.75, 3.05) is 12.4 Å². The minimum atomic E-state index is 0.747. The summed E-state index contributed by atoms with van der Waals surface area (Å²) < 4.78 is 0. The Bertz CT molecular complexity index is 782. The van der Waals surface area contributed by atoms with E-state index in [2.05, 4.69) is 53.6 Å². The van der Waals surface area contributed by atoms with E-state index in [9.17, 15) is 0 Å². The highest BCUT2D eigenvalue weighted by Crippen LogP contribution is 2.15. The average Bonchev–Trinajstić information content (AvgIpc) is 2.55. The number of anilines is 1. The van der Waals surface area contributed by atoms with E-state index < -0.39 is 0 Å². The molecule has 3 aromatic rings. The van der Waals surface area contributed by atoms with E-state index in [0.717, 1.165) is 30.2 Å². The molecule has 0 spiro atoms. The number of hydrogen-bond donors (Lipinski definition) is 1. The zero-order valence-corrected chi connectivity index (χ0v) is 13.6. The first-order valence-corrected chi connectivity index (χ1v) is 7.87. The summed E-state index contributed by atoms with van der Waals surface area (Å²) in [7, 11) is 1.89. The van der Waals surface area contributed by atoms with Crippen molar-refractivity contribution in [3.8, 4) is 0 Å². The molecule has 0 aliphatic carbocycles. The van der Waals surface area contributed by atoms with Gasteiger partial charge in [-0.2, -0.15) is 0 Å². The van der Waals surface area contributed by atoms with Crippen LogP contribution in [0.15, 0.2) is 60.7 Å². The zero-order valence-electron chi connectivity index (χ0n) is 13.6. The molecule has 0 saturated carbocycles. The number of rotatable bonds is 5. The monoisotopic (exact) mass is 303 g/mol. The van der Waals surface area contributed by atoms with Crippen molar-refractivity contribution in [2.24, 2.45) is 0 Å². The van der Waals surface area contributed by atoms with Gasteiger partial charge in [-0.1, -0.05) is 60.2 Å². The number of nitrogens with zero attached hydrogens (tertiary/aromatic N) is 2. The van der Waals surface area contributed by atoms with Crippen LogP contribution in [0.25, 0.3) is 0 Å². The Morgan fingerprint density at radius 2 is 1.61 bits per heavy atom. The zero-order chi connectivity index (χ0) is 16.1. The summed E-state index contributed by atoms with van der Waals surface area (Å²) in [6, 6.07) is 20.9. The Morgan fingerprint density at radius 1 is 0.826 bits per heavy atom. The van der Waals surface area contributed by atoms with Crippen LogP contribution in [-0.4, -0.2) is 17.0 Å². The van der Waals surface area contributed by atoms with Crippen LogP contribution in [0.2, 0.25) is 0 Å². The Kier molecular flexibility index (Phi) is 4.67. The predicted octanol–water partition coefficient (Wildman–Crippen LogP) is 4.01. The van der Waals surface area contributed by atoms with Gasteiger partial charge < -0.3 is 5.32 Å². The molecule has 0 fully saturated rings. The third kappa shape index (κ3) is 4.16. The van der Waals surface area contributed by atoms with Gasteiger partial charge in [0.15, 0.2) is 0 Å². The lowest BCUT2D eigenvalue weighted by molar-refractivity contribution is 0.919. The molecule has 0 aliphatic heterocycles. The van der Waals surface area contributed by atoms with Crippen molar-refractivity contribution in [1.29, 1.82) is 0 Å². The maximum absolute atomic E-state index is 4.75. The van der Waals surface area contributed by atoms with Gasteiger partial charge in [-0.05, 0) is 18.1 Å². The van der Waals surface area contributed by atoms with Crippen LogP contribution in [0.4, 0.5) is 5.82 Å². The van der Waals surface area contributed by atoms with Crippen LogP contribution < -0.4 is 5.32 Å². The summed E-state index contributed by atoms with van der Waals surface area (Å²) in [5, 5.41) is 3.14. The minimum absolute atomic E-state index is 0.747. The minimum Gasteiger partial charge on any atom is -0.373 e. The van der Waals surface area contributed by atoms with E-state index in [1.807, 2.05) is 31.3 Å². The summed E-state index contributed by atoms with van der Waals surface area (Å²) >= 11 is 0. The topological polar surface area (TPSA) is 37.8 Å². The normalized spacial score (nSPS) is 10.5. The second-order valence-electron chi connectivity index (χ2n) is 5.74. The Labute approximate surface area is 137 Å². The van der Waals surface area contributed by atoms with Crippen molar-refractivity contribution in [3.05, 3.63) is 88.9 Å².